The third kappa shape index (κ3) is 3.28. The standard InChI is InChI=1S/C16H15F3N2O3/c1-10-8-13(24-20-10)15(22)21-6-7-23-14(9-21)11-4-2-3-5-12(11)16(17,18)19/h2-5,8,14H,6-7,9H2,1H3. The molecule has 0 aliphatic carbocycles. The van der Waals surface area contributed by atoms with Gasteiger partial charge >= 0.3 is 6.18 Å². The van der Waals surface area contributed by atoms with Gasteiger partial charge in [-0.25, -0.2) is 0 Å². The van der Waals surface area contributed by atoms with Crippen LogP contribution in [0.4, 0.5) is 13.2 Å². The number of carbonyl (C=O) groups excluding carboxylic acids is 1. The summed E-state index contributed by atoms with van der Waals surface area (Å²) in [7, 11) is 0. The van der Waals surface area contributed by atoms with E-state index in [0.717, 1.165) is 6.07 Å². The number of ether oxygens (including phenoxy) is 1. The Bertz CT molecular complexity index is 742. The van der Waals surface area contributed by atoms with Gasteiger partial charge < -0.3 is 14.2 Å². The normalized spacial score (nSPS) is 18.7. The molecule has 0 radical (unpaired) electrons. The smallest absolute Gasteiger partial charge is 0.370 e. The quantitative estimate of drug-likeness (QED) is 0.842. The minimum atomic E-state index is -4.48. The van der Waals surface area contributed by atoms with Crippen molar-refractivity contribution in [2.45, 2.75) is 19.2 Å². The van der Waals surface area contributed by atoms with E-state index >= 15 is 0 Å². The average molecular weight is 340 g/mol. The van der Waals surface area contributed by atoms with Crippen LogP contribution in [0.3, 0.4) is 0 Å². The van der Waals surface area contributed by atoms with Gasteiger partial charge in [0.1, 0.15) is 6.10 Å². The molecule has 0 saturated carbocycles. The molecule has 1 aromatic carbocycles. The average Bonchev–Trinajstić information content (AvgIpc) is 3.00. The van der Waals surface area contributed by atoms with Gasteiger partial charge in [0, 0.05) is 12.6 Å². The number of aryl methyl sites for hydroxylation is 1. The fraction of sp³-hybridized carbons (Fsp3) is 0.375. The summed E-state index contributed by atoms with van der Waals surface area (Å²) in [6.45, 7) is 2.13. The van der Waals surface area contributed by atoms with E-state index in [1.54, 1.807) is 6.92 Å². The van der Waals surface area contributed by atoms with E-state index in [4.69, 9.17) is 9.26 Å². The molecule has 1 fully saturated rings. The van der Waals surface area contributed by atoms with Gasteiger partial charge in [-0.05, 0) is 18.6 Å². The molecule has 5 nitrogen and oxygen atoms in total. The van der Waals surface area contributed by atoms with Crippen LogP contribution in [0, 0.1) is 6.92 Å². The van der Waals surface area contributed by atoms with Gasteiger partial charge in [-0.15, -0.1) is 0 Å². The lowest BCUT2D eigenvalue weighted by molar-refractivity contribution is -0.140. The highest BCUT2D eigenvalue weighted by Gasteiger charge is 2.37. The maximum Gasteiger partial charge on any atom is 0.416 e. The molecule has 2 aromatic rings. The summed E-state index contributed by atoms with van der Waals surface area (Å²) >= 11 is 0. The van der Waals surface area contributed by atoms with E-state index in [1.165, 1.54) is 29.2 Å². The minimum Gasteiger partial charge on any atom is -0.370 e. The van der Waals surface area contributed by atoms with Crippen molar-refractivity contribution in [3.8, 4) is 0 Å². The fourth-order valence-corrected chi connectivity index (χ4v) is 2.68. The van der Waals surface area contributed by atoms with Crippen LogP contribution in [0.25, 0.3) is 0 Å². The van der Waals surface area contributed by atoms with Crippen molar-refractivity contribution in [1.29, 1.82) is 0 Å². The van der Waals surface area contributed by atoms with Crippen LogP contribution >= 0.6 is 0 Å². The van der Waals surface area contributed by atoms with Gasteiger partial charge in [-0.1, -0.05) is 23.4 Å². The Labute approximate surface area is 136 Å². The number of hydrogen-bond acceptors (Lipinski definition) is 4. The number of rotatable bonds is 2. The number of morpholine rings is 1. The second-order valence-electron chi connectivity index (χ2n) is 5.53. The Hall–Kier alpha value is -2.35. The monoisotopic (exact) mass is 340 g/mol. The Morgan fingerprint density at radius 3 is 2.75 bits per heavy atom. The van der Waals surface area contributed by atoms with E-state index < -0.39 is 23.8 Å². The molecule has 0 bridgehead atoms. The molecule has 0 N–H and O–H groups in total. The third-order valence-electron chi connectivity index (χ3n) is 3.81. The first kappa shape index (κ1) is 16.5. The van der Waals surface area contributed by atoms with E-state index in [0.29, 0.717) is 5.69 Å². The van der Waals surface area contributed by atoms with Gasteiger partial charge in [-0.3, -0.25) is 4.79 Å². The summed E-state index contributed by atoms with van der Waals surface area (Å²) in [4.78, 5) is 13.8. The van der Waals surface area contributed by atoms with Crippen LogP contribution < -0.4 is 0 Å². The number of carbonyl (C=O) groups is 1. The number of hydrogen-bond donors (Lipinski definition) is 0. The highest BCUT2D eigenvalue weighted by atomic mass is 19.4. The molecule has 128 valence electrons. The first-order valence-corrected chi connectivity index (χ1v) is 7.36. The zero-order chi connectivity index (χ0) is 17.3. The lowest BCUT2D eigenvalue weighted by Gasteiger charge is -2.33. The van der Waals surface area contributed by atoms with Crippen LogP contribution in [0.5, 0.6) is 0 Å². The lowest BCUT2D eigenvalue weighted by atomic mass is 10.0. The molecule has 1 amide bonds. The van der Waals surface area contributed by atoms with E-state index in [-0.39, 0.29) is 31.0 Å². The Morgan fingerprint density at radius 1 is 1.33 bits per heavy atom. The van der Waals surface area contributed by atoms with Gasteiger partial charge in [0.05, 0.1) is 24.4 Å². The predicted molar refractivity (Wildman–Crippen MR) is 77.3 cm³/mol. The maximum atomic E-state index is 13.2. The highest BCUT2D eigenvalue weighted by molar-refractivity contribution is 5.91. The van der Waals surface area contributed by atoms with Gasteiger partial charge in [0.25, 0.3) is 5.91 Å². The summed E-state index contributed by atoms with van der Waals surface area (Å²) < 4.78 is 49.9. The molecule has 3 rings (SSSR count). The second kappa shape index (κ2) is 6.27. The molecule has 0 spiro atoms. The fourth-order valence-electron chi connectivity index (χ4n) is 2.68. The zero-order valence-electron chi connectivity index (χ0n) is 12.8. The van der Waals surface area contributed by atoms with Crippen molar-refractivity contribution in [1.82, 2.24) is 10.1 Å². The number of nitrogens with zero attached hydrogens (tertiary/aromatic N) is 2. The number of amides is 1. The number of benzene rings is 1. The van der Waals surface area contributed by atoms with E-state index in [9.17, 15) is 18.0 Å². The molecule has 8 heteroatoms. The number of halogens is 3. The van der Waals surface area contributed by atoms with Crippen LogP contribution in [0.15, 0.2) is 34.9 Å². The number of aromatic nitrogens is 1. The van der Waals surface area contributed by atoms with Crippen molar-refractivity contribution in [2.24, 2.45) is 0 Å². The van der Waals surface area contributed by atoms with Gasteiger partial charge in [-0.2, -0.15) is 13.2 Å². The summed E-state index contributed by atoms with van der Waals surface area (Å²) in [6, 6.07) is 6.74. The predicted octanol–water partition coefficient (Wildman–Crippen LogP) is 3.22. The van der Waals surface area contributed by atoms with Gasteiger partial charge in [0.2, 0.25) is 5.76 Å². The van der Waals surface area contributed by atoms with Crippen LogP contribution in [0.1, 0.15) is 33.5 Å². The Kier molecular flexibility index (Phi) is 4.31. The molecule has 1 atom stereocenters. The lowest BCUT2D eigenvalue weighted by Crippen LogP contribution is -2.42. The SMILES string of the molecule is Cc1cc(C(=O)N2CCOC(c3ccccc3C(F)(F)F)C2)on1. The molecule has 1 aliphatic rings. The summed E-state index contributed by atoms with van der Waals surface area (Å²) in [5.74, 6) is -0.342. The zero-order valence-corrected chi connectivity index (χ0v) is 12.8. The maximum absolute atomic E-state index is 13.2. The van der Waals surface area contributed by atoms with Crippen LogP contribution in [-0.2, 0) is 10.9 Å². The van der Waals surface area contributed by atoms with Crippen molar-refractivity contribution in [3.05, 3.63) is 52.9 Å². The molecule has 1 aliphatic heterocycles. The molecule has 1 unspecified atom stereocenters. The molecule has 1 saturated heterocycles. The topological polar surface area (TPSA) is 55.6 Å². The Morgan fingerprint density at radius 2 is 2.08 bits per heavy atom. The van der Waals surface area contributed by atoms with E-state index in [2.05, 4.69) is 5.16 Å². The van der Waals surface area contributed by atoms with E-state index in [1.807, 2.05) is 0 Å². The van der Waals surface area contributed by atoms with Gasteiger partial charge in [0.15, 0.2) is 0 Å². The van der Waals surface area contributed by atoms with Crippen molar-refractivity contribution >= 4 is 5.91 Å². The molecule has 2 heterocycles. The molecule has 24 heavy (non-hydrogen) atoms. The largest absolute Gasteiger partial charge is 0.416 e. The molecule has 1 aromatic heterocycles. The third-order valence-corrected chi connectivity index (χ3v) is 3.81. The minimum absolute atomic E-state index is 0.0195. The Balaban J connectivity index is 1.83. The first-order chi connectivity index (χ1) is 11.4. The summed E-state index contributed by atoms with van der Waals surface area (Å²) in [5, 5.41) is 3.65. The van der Waals surface area contributed by atoms with Crippen molar-refractivity contribution in [3.63, 3.8) is 0 Å². The second-order valence-corrected chi connectivity index (χ2v) is 5.53. The number of alkyl halides is 3. The van der Waals surface area contributed by atoms with Crippen molar-refractivity contribution < 1.29 is 27.2 Å². The highest BCUT2D eigenvalue weighted by Crippen LogP contribution is 2.36. The molecular formula is C16H15F3N2O3. The van der Waals surface area contributed by atoms with Crippen molar-refractivity contribution in [2.75, 3.05) is 19.7 Å². The molecular weight excluding hydrogens is 325 g/mol. The summed E-state index contributed by atoms with van der Waals surface area (Å²) in [5.41, 5.74) is -0.165. The van der Waals surface area contributed by atoms with Crippen LogP contribution in [-0.4, -0.2) is 35.7 Å². The van der Waals surface area contributed by atoms with Crippen LogP contribution in [0.2, 0.25) is 0 Å². The first-order valence-electron chi connectivity index (χ1n) is 7.36. The summed E-state index contributed by atoms with van der Waals surface area (Å²) in [6.07, 6.45) is -5.32.